The number of nitrogens with one attached hydrogen (secondary N) is 2. The van der Waals surface area contributed by atoms with Crippen molar-refractivity contribution in [3.8, 4) is 6.07 Å². The summed E-state index contributed by atoms with van der Waals surface area (Å²) >= 11 is 0. The Morgan fingerprint density at radius 3 is 2.81 bits per heavy atom. The molecule has 192 valence electrons. The minimum absolute atomic E-state index is 0.0763. The van der Waals surface area contributed by atoms with Gasteiger partial charge in [-0.15, -0.1) is 0 Å². The number of carbonyl (C=O) groups is 2. The molecule has 2 aliphatic carbocycles. The van der Waals surface area contributed by atoms with Crippen molar-refractivity contribution >= 4 is 17.8 Å². The lowest BCUT2D eigenvalue weighted by atomic mass is 9.81. The smallest absolute Gasteiger partial charge is 0.407 e. The fourth-order valence-corrected chi connectivity index (χ4v) is 5.20. The molecule has 0 bridgehead atoms. The zero-order chi connectivity index (χ0) is 25.4. The minimum Gasteiger partial charge on any atom is -0.446 e. The molecular formula is C24H29F2N7O3. The third kappa shape index (κ3) is 5.20. The van der Waals surface area contributed by atoms with Crippen LogP contribution in [-0.4, -0.2) is 56.2 Å². The number of urea groups is 1. The van der Waals surface area contributed by atoms with Crippen LogP contribution in [0, 0.1) is 23.2 Å². The average Bonchev–Trinajstić information content (AvgIpc) is 3.36. The lowest BCUT2D eigenvalue weighted by Crippen LogP contribution is -2.41. The van der Waals surface area contributed by atoms with Gasteiger partial charge < -0.3 is 20.3 Å². The lowest BCUT2D eigenvalue weighted by molar-refractivity contribution is -0.0501. The molecule has 5 rings (SSSR count). The van der Waals surface area contributed by atoms with Crippen LogP contribution in [0.3, 0.4) is 0 Å². The Morgan fingerprint density at radius 2 is 2.14 bits per heavy atom. The quantitative estimate of drug-likeness (QED) is 0.624. The number of nitrogens with zero attached hydrogens (tertiary/aromatic N) is 5. The van der Waals surface area contributed by atoms with Gasteiger partial charge in [-0.25, -0.2) is 27.9 Å². The van der Waals surface area contributed by atoms with Crippen molar-refractivity contribution in [2.45, 2.75) is 76.1 Å². The van der Waals surface area contributed by atoms with Gasteiger partial charge in [0.1, 0.15) is 6.10 Å². The van der Waals surface area contributed by atoms with Crippen LogP contribution < -0.4 is 10.6 Å². The van der Waals surface area contributed by atoms with Gasteiger partial charge in [-0.1, -0.05) is 0 Å². The molecule has 0 aromatic carbocycles. The maximum absolute atomic E-state index is 13.8. The molecule has 36 heavy (non-hydrogen) atoms. The second-order valence-electron chi connectivity index (χ2n) is 10.2. The topological polar surface area (TPSA) is 125 Å². The summed E-state index contributed by atoms with van der Waals surface area (Å²) in [6.45, 7) is 2.92. The maximum atomic E-state index is 13.8. The molecule has 3 aliphatic rings. The molecule has 0 spiro atoms. The summed E-state index contributed by atoms with van der Waals surface area (Å²) in [7, 11) is 0. The highest BCUT2D eigenvalue weighted by atomic mass is 19.3. The van der Waals surface area contributed by atoms with Gasteiger partial charge in [0, 0.05) is 44.8 Å². The van der Waals surface area contributed by atoms with Crippen LogP contribution in [0.2, 0.25) is 0 Å². The molecule has 3 fully saturated rings. The van der Waals surface area contributed by atoms with E-state index in [2.05, 4.69) is 26.8 Å². The first-order valence-corrected chi connectivity index (χ1v) is 12.3. The van der Waals surface area contributed by atoms with Gasteiger partial charge in [-0.3, -0.25) is 0 Å². The zero-order valence-corrected chi connectivity index (χ0v) is 20.0. The van der Waals surface area contributed by atoms with E-state index in [1.807, 2.05) is 13.0 Å². The summed E-state index contributed by atoms with van der Waals surface area (Å²) in [6.07, 6.45) is 3.39. The van der Waals surface area contributed by atoms with E-state index >= 15 is 0 Å². The van der Waals surface area contributed by atoms with Crippen molar-refractivity contribution in [3.05, 3.63) is 29.7 Å². The molecule has 0 radical (unpaired) electrons. The Labute approximate surface area is 207 Å². The SMILES string of the molecule is C[C@@H]1CN(Cc2cnn3cc([C@@H](NC(=O)OC4CC(C#N)C4)C4CCC(F)(F)CC4)nc3c2)C(=O)N1. The molecule has 2 atom stereocenters. The Morgan fingerprint density at radius 1 is 1.39 bits per heavy atom. The summed E-state index contributed by atoms with van der Waals surface area (Å²) in [5, 5.41) is 19.0. The van der Waals surface area contributed by atoms with Gasteiger partial charge in [0.25, 0.3) is 0 Å². The molecular weight excluding hydrogens is 472 g/mol. The van der Waals surface area contributed by atoms with Crippen molar-refractivity contribution in [3.63, 3.8) is 0 Å². The molecule has 2 aromatic heterocycles. The van der Waals surface area contributed by atoms with E-state index in [-0.39, 0.29) is 55.7 Å². The Balaban J connectivity index is 1.33. The monoisotopic (exact) mass is 501 g/mol. The molecule has 2 saturated carbocycles. The molecule has 12 heteroatoms. The third-order valence-electron chi connectivity index (χ3n) is 7.30. The maximum Gasteiger partial charge on any atom is 0.407 e. The van der Waals surface area contributed by atoms with E-state index in [0.29, 0.717) is 37.3 Å². The number of imidazole rings is 1. The van der Waals surface area contributed by atoms with Gasteiger partial charge in [0.05, 0.1) is 36.1 Å². The number of alkyl carbamates (subject to hydrolysis) is 1. The number of hydrogen-bond donors (Lipinski definition) is 2. The number of rotatable bonds is 6. The molecule has 10 nitrogen and oxygen atoms in total. The van der Waals surface area contributed by atoms with Gasteiger partial charge in [-0.05, 0) is 37.3 Å². The molecule has 3 amide bonds. The largest absolute Gasteiger partial charge is 0.446 e. The summed E-state index contributed by atoms with van der Waals surface area (Å²) < 4.78 is 34.7. The molecule has 1 saturated heterocycles. The highest BCUT2D eigenvalue weighted by Crippen LogP contribution is 2.41. The predicted octanol–water partition coefficient (Wildman–Crippen LogP) is 3.54. The van der Waals surface area contributed by atoms with E-state index in [1.165, 1.54) is 0 Å². The van der Waals surface area contributed by atoms with Crippen LogP contribution in [0.15, 0.2) is 18.5 Å². The first kappa shape index (κ1) is 24.2. The van der Waals surface area contributed by atoms with Crippen LogP contribution in [0.4, 0.5) is 18.4 Å². The fourth-order valence-electron chi connectivity index (χ4n) is 5.20. The summed E-state index contributed by atoms with van der Waals surface area (Å²) in [4.78, 5) is 31.1. The number of nitriles is 1. The van der Waals surface area contributed by atoms with E-state index < -0.39 is 18.1 Å². The highest BCUT2D eigenvalue weighted by molar-refractivity contribution is 5.76. The van der Waals surface area contributed by atoms with E-state index in [9.17, 15) is 18.4 Å². The van der Waals surface area contributed by atoms with Gasteiger partial charge >= 0.3 is 12.1 Å². The normalized spacial score (nSPS) is 26.7. The standard InChI is InChI=1S/C24H29F2N7O3/c1-14-11-32(22(34)29-14)12-16-8-20-30-19(13-33(20)28-10-16)21(17-2-4-24(25,26)5-3-17)31-23(35)36-18-6-15(7-18)9-27/h8,10,13-15,17-18,21H,2-7,11-12H2,1H3,(H,29,34)(H,31,35)/t14-,15?,18?,21+/m1/s1. The number of ether oxygens (including phenoxy) is 1. The number of carbonyl (C=O) groups excluding carboxylic acids is 2. The van der Waals surface area contributed by atoms with E-state index in [0.717, 1.165) is 5.56 Å². The van der Waals surface area contributed by atoms with Crippen molar-refractivity contribution in [1.29, 1.82) is 5.26 Å². The number of amides is 3. The van der Waals surface area contributed by atoms with E-state index in [1.54, 1.807) is 21.8 Å². The molecule has 1 aliphatic heterocycles. The van der Waals surface area contributed by atoms with Gasteiger partial charge in [0.2, 0.25) is 5.92 Å². The van der Waals surface area contributed by atoms with Crippen molar-refractivity contribution in [2.24, 2.45) is 11.8 Å². The second kappa shape index (κ2) is 9.52. The van der Waals surface area contributed by atoms with Crippen molar-refractivity contribution < 1.29 is 23.1 Å². The van der Waals surface area contributed by atoms with E-state index in [4.69, 9.17) is 10.00 Å². The predicted molar refractivity (Wildman–Crippen MR) is 123 cm³/mol. The Kier molecular flexibility index (Phi) is 6.40. The number of alkyl halides is 2. The lowest BCUT2D eigenvalue weighted by Gasteiger charge is -2.34. The number of hydrogen-bond acceptors (Lipinski definition) is 6. The molecule has 3 heterocycles. The average molecular weight is 502 g/mol. The second-order valence-corrected chi connectivity index (χ2v) is 10.2. The van der Waals surface area contributed by atoms with Crippen LogP contribution in [-0.2, 0) is 11.3 Å². The van der Waals surface area contributed by atoms with Crippen LogP contribution in [0.25, 0.3) is 5.65 Å². The van der Waals surface area contributed by atoms with Gasteiger partial charge in [0.15, 0.2) is 5.65 Å². The van der Waals surface area contributed by atoms with Crippen LogP contribution >= 0.6 is 0 Å². The molecule has 2 N–H and O–H groups in total. The number of halogens is 2. The number of aromatic nitrogens is 3. The molecule has 0 unspecified atom stereocenters. The number of fused-ring (bicyclic) bond motifs is 1. The Bertz CT molecular complexity index is 1180. The fraction of sp³-hybridized carbons (Fsp3) is 0.625. The zero-order valence-electron chi connectivity index (χ0n) is 20.0. The first-order valence-electron chi connectivity index (χ1n) is 12.3. The van der Waals surface area contributed by atoms with Crippen LogP contribution in [0.5, 0.6) is 0 Å². The third-order valence-corrected chi connectivity index (χ3v) is 7.30. The van der Waals surface area contributed by atoms with Crippen molar-refractivity contribution in [1.82, 2.24) is 30.1 Å². The Hall–Kier alpha value is -3.49. The highest BCUT2D eigenvalue weighted by Gasteiger charge is 2.40. The summed E-state index contributed by atoms with van der Waals surface area (Å²) in [5.74, 6) is -3.04. The summed E-state index contributed by atoms with van der Waals surface area (Å²) in [5.41, 5.74) is 1.86. The van der Waals surface area contributed by atoms with Gasteiger partial charge in [-0.2, -0.15) is 10.4 Å². The minimum atomic E-state index is -2.70. The first-order chi connectivity index (χ1) is 17.2. The van der Waals surface area contributed by atoms with Crippen LogP contribution in [0.1, 0.15) is 62.7 Å². The summed E-state index contributed by atoms with van der Waals surface area (Å²) in [6, 6.07) is 3.31. The van der Waals surface area contributed by atoms with Crippen molar-refractivity contribution in [2.75, 3.05) is 6.54 Å². The molecule has 2 aromatic rings.